The van der Waals surface area contributed by atoms with Crippen LogP contribution in [0, 0.1) is 11.6 Å². The van der Waals surface area contributed by atoms with Gasteiger partial charge in [0.2, 0.25) is 6.10 Å². The summed E-state index contributed by atoms with van der Waals surface area (Å²) in [6.07, 6.45) is -1.31. The molecule has 146 valence electrons. The molecule has 2 amide bonds. The zero-order valence-electron chi connectivity index (χ0n) is 15.3. The van der Waals surface area contributed by atoms with Crippen molar-refractivity contribution in [1.82, 2.24) is 10.2 Å². The molecular weight excluding hydrogens is 360 g/mol. The van der Waals surface area contributed by atoms with E-state index in [-0.39, 0.29) is 23.7 Å². The number of rotatable bonds is 3. The number of carbonyl (C=O) groups is 2. The van der Waals surface area contributed by atoms with Gasteiger partial charge >= 0.3 is 6.09 Å². The third kappa shape index (κ3) is 4.53. The Morgan fingerprint density at radius 2 is 2.00 bits per heavy atom. The first-order valence-corrected chi connectivity index (χ1v) is 8.59. The van der Waals surface area contributed by atoms with Crippen molar-refractivity contribution in [2.75, 3.05) is 13.1 Å². The van der Waals surface area contributed by atoms with Gasteiger partial charge in [0.05, 0.1) is 11.8 Å². The van der Waals surface area contributed by atoms with Crippen LogP contribution in [-0.2, 0) is 14.4 Å². The summed E-state index contributed by atoms with van der Waals surface area (Å²) in [5.74, 6) is -1.65. The number of nitrogens with one attached hydrogen (secondary N) is 1. The van der Waals surface area contributed by atoms with E-state index >= 15 is 0 Å². The highest BCUT2D eigenvalue weighted by atomic mass is 19.1. The molecule has 0 saturated carbocycles. The van der Waals surface area contributed by atoms with Gasteiger partial charge in [-0.1, -0.05) is 5.16 Å². The van der Waals surface area contributed by atoms with Gasteiger partial charge in [-0.15, -0.1) is 0 Å². The van der Waals surface area contributed by atoms with Crippen LogP contribution >= 0.6 is 0 Å². The molecule has 0 radical (unpaired) electrons. The van der Waals surface area contributed by atoms with Crippen LogP contribution in [0.15, 0.2) is 23.4 Å². The highest BCUT2D eigenvalue weighted by molar-refractivity contribution is 6.04. The van der Waals surface area contributed by atoms with E-state index in [4.69, 9.17) is 9.57 Å². The summed E-state index contributed by atoms with van der Waals surface area (Å²) in [7, 11) is 0. The number of likely N-dealkylation sites (tertiary alicyclic amines) is 1. The van der Waals surface area contributed by atoms with Gasteiger partial charge in [-0.05, 0) is 39.0 Å². The molecule has 0 bridgehead atoms. The molecule has 2 aliphatic heterocycles. The van der Waals surface area contributed by atoms with Crippen LogP contribution in [0.5, 0.6) is 0 Å². The lowest BCUT2D eigenvalue weighted by atomic mass is 10.0. The third-order valence-corrected chi connectivity index (χ3v) is 4.08. The molecule has 1 N–H and O–H groups in total. The maximum atomic E-state index is 13.8. The molecule has 1 fully saturated rings. The van der Waals surface area contributed by atoms with Gasteiger partial charge in [0.25, 0.3) is 5.91 Å². The maximum absolute atomic E-state index is 13.8. The van der Waals surface area contributed by atoms with Crippen LogP contribution < -0.4 is 5.32 Å². The Hall–Kier alpha value is -2.71. The quantitative estimate of drug-likeness (QED) is 0.871. The number of oxime groups is 1. The van der Waals surface area contributed by atoms with Crippen molar-refractivity contribution in [3.8, 4) is 0 Å². The van der Waals surface area contributed by atoms with Gasteiger partial charge in [0.1, 0.15) is 17.2 Å². The molecule has 1 aromatic carbocycles. The Balaban J connectivity index is 1.47. The van der Waals surface area contributed by atoms with E-state index < -0.39 is 35.3 Å². The Labute approximate surface area is 155 Å². The van der Waals surface area contributed by atoms with Crippen LogP contribution in [0.2, 0.25) is 0 Å². The minimum Gasteiger partial charge on any atom is -0.444 e. The van der Waals surface area contributed by atoms with Crippen molar-refractivity contribution in [2.24, 2.45) is 5.16 Å². The van der Waals surface area contributed by atoms with E-state index in [1.165, 1.54) is 4.90 Å². The van der Waals surface area contributed by atoms with Gasteiger partial charge in [-0.25, -0.2) is 13.6 Å². The largest absolute Gasteiger partial charge is 0.444 e. The van der Waals surface area contributed by atoms with Crippen molar-refractivity contribution >= 4 is 17.7 Å². The first-order chi connectivity index (χ1) is 12.6. The number of carbonyl (C=O) groups excluding carboxylic acids is 2. The summed E-state index contributed by atoms with van der Waals surface area (Å²) in [5, 5.41) is 6.46. The molecule has 0 spiro atoms. The van der Waals surface area contributed by atoms with Gasteiger partial charge in [-0.2, -0.15) is 0 Å². The van der Waals surface area contributed by atoms with Gasteiger partial charge in [-0.3, -0.25) is 4.79 Å². The molecule has 27 heavy (non-hydrogen) atoms. The van der Waals surface area contributed by atoms with E-state index in [1.807, 2.05) is 0 Å². The zero-order valence-corrected chi connectivity index (χ0v) is 15.3. The maximum Gasteiger partial charge on any atom is 0.410 e. The minimum atomic E-state index is -0.918. The SMILES string of the molecule is CC(C)(C)OC(=O)N1CC(NC(=O)[C@@H]2CC(c3cc(F)ccc3F)=NO2)C1. The lowest BCUT2D eigenvalue weighted by Gasteiger charge is -2.40. The molecule has 3 rings (SSSR count). The highest BCUT2D eigenvalue weighted by Crippen LogP contribution is 2.21. The number of hydrogen-bond donors (Lipinski definition) is 1. The van der Waals surface area contributed by atoms with Crippen LogP contribution in [0.25, 0.3) is 0 Å². The zero-order chi connectivity index (χ0) is 19.8. The van der Waals surface area contributed by atoms with E-state index in [9.17, 15) is 18.4 Å². The monoisotopic (exact) mass is 381 g/mol. The molecule has 0 unspecified atom stereocenters. The second-order valence-corrected chi connectivity index (χ2v) is 7.55. The molecule has 2 aliphatic rings. The molecule has 1 saturated heterocycles. The van der Waals surface area contributed by atoms with E-state index in [1.54, 1.807) is 20.8 Å². The van der Waals surface area contributed by atoms with Crippen molar-refractivity contribution in [3.63, 3.8) is 0 Å². The molecule has 9 heteroatoms. The predicted molar refractivity (Wildman–Crippen MR) is 92.1 cm³/mol. The first kappa shape index (κ1) is 19.1. The van der Waals surface area contributed by atoms with Crippen LogP contribution in [0.4, 0.5) is 13.6 Å². The summed E-state index contributed by atoms with van der Waals surface area (Å²) in [6, 6.07) is 2.80. The molecule has 7 nitrogen and oxygen atoms in total. The summed E-state index contributed by atoms with van der Waals surface area (Å²) < 4.78 is 32.4. The fraction of sp³-hybridized carbons (Fsp3) is 0.500. The highest BCUT2D eigenvalue weighted by Gasteiger charge is 2.37. The van der Waals surface area contributed by atoms with Crippen LogP contribution in [0.1, 0.15) is 32.8 Å². The smallest absolute Gasteiger partial charge is 0.410 e. The summed E-state index contributed by atoms with van der Waals surface area (Å²) in [6.45, 7) is 6.00. The lowest BCUT2D eigenvalue weighted by Crippen LogP contribution is -2.62. The Morgan fingerprint density at radius 1 is 1.30 bits per heavy atom. The van der Waals surface area contributed by atoms with Crippen molar-refractivity contribution < 1.29 is 27.9 Å². The number of nitrogens with zero attached hydrogens (tertiary/aromatic N) is 2. The predicted octanol–water partition coefficient (Wildman–Crippen LogP) is 2.19. The third-order valence-electron chi connectivity index (χ3n) is 4.08. The molecule has 1 atom stereocenters. The second-order valence-electron chi connectivity index (χ2n) is 7.55. The Morgan fingerprint density at radius 3 is 2.67 bits per heavy atom. The summed E-state index contributed by atoms with van der Waals surface area (Å²) in [5.41, 5.74) is -0.426. The summed E-state index contributed by atoms with van der Waals surface area (Å²) >= 11 is 0. The van der Waals surface area contributed by atoms with Crippen molar-refractivity contribution in [3.05, 3.63) is 35.4 Å². The molecule has 2 heterocycles. The Kier molecular flexibility index (Phi) is 5.03. The molecule has 0 aliphatic carbocycles. The number of amides is 2. The van der Waals surface area contributed by atoms with Crippen LogP contribution in [0.3, 0.4) is 0 Å². The van der Waals surface area contributed by atoms with Gasteiger partial charge in [0, 0.05) is 25.1 Å². The van der Waals surface area contributed by atoms with Crippen LogP contribution in [-0.4, -0.2) is 53.4 Å². The second kappa shape index (κ2) is 7.13. The fourth-order valence-electron chi connectivity index (χ4n) is 2.74. The number of hydrogen-bond acceptors (Lipinski definition) is 5. The van der Waals surface area contributed by atoms with Crippen molar-refractivity contribution in [1.29, 1.82) is 0 Å². The van der Waals surface area contributed by atoms with E-state index in [0.29, 0.717) is 13.1 Å². The molecule has 1 aromatic rings. The fourth-order valence-corrected chi connectivity index (χ4v) is 2.74. The van der Waals surface area contributed by atoms with Gasteiger partial charge < -0.3 is 19.8 Å². The topological polar surface area (TPSA) is 80.2 Å². The van der Waals surface area contributed by atoms with Crippen molar-refractivity contribution in [2.45, 2.75) is 44.9 Å². The first-order valence-electron chi connectivity index (χ1n) is 8.59. The molecule has 0 aromatic heterocycles. The average molecular weight is 381 g/mol. The normalized spacial score (nSPS) is 19.8. The van der Waals surface area contributed by atoms with E-state index in [2.05, 4.69) is 10.5 Å². The minimum absolute atomic E-state index is 0.0231. The Bertz CT molecular complexity index is 785. The number of benzene rings is 1. The standard InChI is InChI=1S/C18H21F2N3O4/c1-18(2,3)26-17(25)23-8-11(9-23)21-16(24)15-7-14(22-27-15)12-6-10(19)4-5-13(12)20/h4-6,11,15H,7-9H2,1-3H3,(H,21,24)/t15-/m0/s1. The summed E-state index contributed by atoms with van der Waals surface area (Å²) in [4.78, 5) is 30.7. The lowest BCUT2D eigenvalue weighted by molar-refractivity contribution is -0.133. The number of halogens is 2. The van der Waals surface area contributed by atoms with Gasteiger partial charge in [0.15, 0.2) is 0 Å². The molecular formula is C18H21F2N3O4. The number of ether oxygens (including phenoxy) is 1. The van der Waals surface area contributed by atoms with E-state index in [0.717, 1.165) is 18.2 Å². The average Bonchev–Trinajstić information content (AvgIpc) is 3.00.